The Hall–Kier alpha value is -0.610. The van der Waals surface area contributed by atoms with Crippen LogP contribution in [0.5, 0.6) is 0 Å². The van der Waals surface area contributed by atoms with Gasteiger partial charge in [-0.3, -0.25) is 14.7 Å². The average molecular weight is 521 g/mol. The number of guanidine groups is 1. The molecule has 1 saturated carbocycles. The lowest BCUT2D eigenvalue weighted by Gasteiger charge is -2.31. The number of hydrogen-bond acceptors (Lipinski definition) is 4. The minimum absolute atomic E-state index is 0. The van der Waals surface area contributed by atoms with E-state index >= 15 is 0 Å². The molecule has 29 heavy (non-hydrogen) atoms. The predicted molar refractivity (Wildman–Crippen MR) is 128 cm³/mol. The van der Waals surface area contributed by atoms with Crippen molar-refractivity contribution in [1.82, 2.24) is 20.0 Å². The summed E-state index contributed by atoms with van der Waals surface area (Å²) in [6.45, 7) is 10.7. The van der Waals surface area contributed by atoms with Crippen LogP contribution in [0.2, 0.25) is 0 Å². The zero-order valence-electron chi connectivity index (χ0n) is 18.5. The number of aliphatic imine (C=N–C) groups is 1. The van der Waals surface area contributed by atoms with Crippen molar-refractivity contribution in [2.75, 3.05) is 73.1 Å². The summed E-state index contributed by atoms with van der Waals surface area (Å²) in [5, 5.41) is 3.48. The Labute approximate surface area is 193 Å². The van der Waals surface area contributed by atoms with Gasteiger partial charge in [0.25, 0.3) is 0 Å². The van der Waals surface area contributed by atoms with Crippen LogP contribution in [0.25, 0.3) is 0 Å². The number of amides is 1. The molecule has 7 nitrogen and oxygen atoms in total. The van der Waals surface area contributed by atoms with Gasteiger partial charge < -0.3 is 19.9 Å². The third-order valence-electron chi connectivity index (χ3n) is 6.49. The smallest absolute Gasteiger partial charge is 0.230 e. The highest BCUT2D eigenvalue weighted by Crippen LogP contribution is 2.39. The predicted octanol–water partition coefficient (Wildman–Crippen LogP) is 1.87. The lowest BCUT2D eigenvalue weighted by molar-refractivity contribution is -0.138. The molecule has 0 spiro atoms. The van der Waals surface area contributed by atoms with Gasteiger partial charge in [-0.1, -0.05) is 12.8 Å². The fourth-order valence-electron chi connectivity index (χ4n) is 4.94. The Morgan fingerprint density at radius 3 is 2.52 bits per heavy atom. The molecular formula is C21H40IN5O2. The van der Waals surface area contributed by atoms with Crippen LogP contribution in [0, 0.1) is 11.3 Å². The van der Waals surface area contributed by atoms with Crippen molar-refractivity contribution >= 4 is 35.8 Å². The molecule has 3 aliphatic rings. The molecule has 1 amide bonds. The summed E-state index contributed by atoms with van der Waals surface area (Å²) in [6.07, 6.45) is 5.41. The van der Waals surface area contributed by atoms with Crippen LogP contribution in [0.15, 0.2) is 4.99 Å². The van der Waals surface area contributed by atoms with Gasteiger partial charge in [-0.25, -0.2) is 0 Å². The normalized spacial score (nSPS) is 25.0. The van der Waals surface area contributed by atoms with Crippen LogP contribution in [-0.2, 0) is 9.53 Å². The molecule has 3 rings (SSSR count). The second-order valence-electron chi connectivity index (χ2n) is 8.87. The summed E-state index contributed by atoms with van der Waals surface area (Å²) in [6, 6.07) is 0. The van der Waals surface area contributed by atoms with Gasteiger partial charge in [-0.2, -0.15) is 0 Å². The number of nitrogens with zero attached hydrogens (tertiary/aromatic N) is 4. The van der Waals surface area contributed by atoms with Crippen molar-refractivity contribution in [3.8, 4) is 0 Å². The second-order valence-corrected chi connectivity index (χ2v) is 8.87. The fraction of sp³-hybridized carbons (Fsp3) is 0.905. The van der Waals surface area contributed by atoms with Crippen LogP contribution in [0.3, 0.4) is 0 Å². The van der Waals surface area contributed by atoms with E-state index in [1.54, 1.807) is 4.90 Å². The molecule has 0 aromatic rings. The standard InChI is InChI=1S/C21H39N5O2.HI/c1-4-22-20(23-17-21(8-5-6-9-21)19(27)24(2)3)26-10-7-18(16-26)15-25-11-13-28-14-12-25;/h18H,4-17H2,1-3H3,(H,22,23);1H. The number of carbonyl (C=O) groups excluding carboxylic acids is 1. The molecule has 2 aliphatic heterocycles. The second kappa shape index (κ2) is 11.7. The van der Waals surface area contributed by atoms with Crippen LogP contribution >= 0.6 is 24.0 Å². The summed E-state index contributed by atoms with van der Waals surface area (Å²) in [7, 11) is 3.74. The van der Waals surface area contributed by atoms with Crippen LogP contribution < -0.4 is 5.32 Å². The van der Waals surface area contributed by atoms with Gasteiger partial charge in [-0.05, 0) is 32.1 Å². The molecule has 1 atom stereocenters. The zero-order chi connectivity index (χ0) is 20.0. The molecule has 1 aliphatic carbocycles. The minimum atomic E-state index is -0.295. The zero-order valence-corrected chi connectivity index (χ0v) is 20.8. The lowest BCUT2D eigenvalue weighted by Crippen LogP contribution is -2.44. The minimum Gasteiger partial charge on any atom is -0.379 e. The number of carbonyl (C=O) groups is 1. The van der Waals surface area contributed by atoms with E-state index in [4.69, 9.17) is 9.73 Å². The first-order valence-corrected chi connectivity index (χ1v) is 11.1. The van der Waals surface area contributed by atoms with Gasteiger partial charge in [0.05, 0.1) is 25.2 Å². The maximum atomic E-state index is 12.8. The van der Waals surface area contributed by atoms with Crippen LogP contribution in [-0.4, -0.2) is 99.7 Å². The SMILES string of the molecule is CCNC(=NCC1(C(=O)N(C)C)CCCC1)N1CCC(CN2CCOCC2)C1.I. The van der Waals surface area contributed by atoms with E-state index in [1.165, 1.54) is 6.42 Å². The molecule has 0 aromatic heterocycles. The first-order valence-electron chi connectivity index (χ1n) is 11.1. The number of nitrogens with one attached hydrogen (secondary N) is 1. The molecule has 1 unspecified atom stereocenters. The Balaban J connectivity index is 0.00000300. The number of morpholine rings is 1. The molecule has 2 heterocycles. The largest absolute Gasteiger partial charge is 0.379 e. The third kappa shape index (κ3) is 6.43. The quantitative estimate of drug-likeness (QED) is 0.329. The van der Waals surface area contributed by atoms with Gasteiger partial charge in [0, 0.05) is 53.4 Å². The molecule has 8 heteroatoms. The first kappa shape index (κ1) is 24.7. The number of hydrogen-bond donors (Lipinski definition) is 1. The number of rotatable bonds is 6. The summed E-state index contributed by atoms with van der Waals surface area (Å²) in [5.74, 6) is 1.92. The lowest BCUT2D eigenvalue weighted by atomic mass is 9.85. The van der Waals surface area contributed by atoms with E-state index in [-0.39, 0.29) is 35.3 Å². The van der Waals surface area contributed by atoms with E-state index in [0.29, 0.717) is 12.5 Å². The number of ether oxygens (including phenoxy) is 1. The fourth-order valence-corrected chi connectivity index (χ4v) is 4.94. The van der Waals surface area contributed by atoms with Crippen molar-refractivity contribution in [2.24, 2.45) is 16.3 Å². The van der Waals surface area contributed by atoms with Gasteiger partial charge in [0.2, 0.25) is 5.91 Å². The van der Waals surface area contributed by atoms with Crippen molar-refractivity contribution < 1.29 is 9.53 Å². The van der Waals surface area contributed by atoms with Crippen molar-refractivity contribution in [3.05, 3.63) is 0 Å². The van der Waals surface area contributed by atoms with Crippen molar-refractivity contribution in [3.63, 3.8) is 0 Å². The van der Waals surface area contributed by atoms with E-state index in [2.05, 4.69) is 22.0 Å². The molecule has 168 valence electrons. The number of halogens is 1. The topological polar surface area (TPSA) is 60.4 Å². The van der Waals surface area contributed by atoms with Gasteiger partial charge in [-0.15, -0.1) is 24.0 Å². The highest BCUT2D eigenvalue weighted by Gasteiger charge is 2.42. The van der Waals surface area contributed by atoms with Crippen molar-refractivity contribution in [2.45, 2.75) is 39.0 Å². The summed E-state index contributed by atoms with van der Waals surface area (Å²) in [5.41, 5.74) is -0.295. The Kier molecular flexibility index (Phi) is 9.94. The third-order valence-corrected chi connectivity index (χ3v) is 6.49. The van der Waals surface area contributed by atoms with E-state index in [9.17, 15) is 4.79 Å². The summed E-state index contributed by atoms with van der Waals surface area (Å²) in [4.78, 5) is 24.5. The summed E-state index contributed by atoms with van der Waals surface area (Å²) >= 11 is 0. The first-order chi connectivity index (χ1) is 13.5. The average Bonchev–Trinajstić information content (AvgIpc) is 3.36. The Morgan fingerprint density at radius 1 is 1.21 bits per heavy atom. The highest BCUT2D eigenvalue weighted by molar-refractivity contribution is 14.0. The molecule has 0 radical (unpaired) electrons. The van der Waals surface area contributed by atoms with E-state index in [0.717, 1.165) is 84.1 Å². The Morgan fingerprint density at radius 2 is 1.90 bits per heavy atom. The molecule has 3 fully saturated rings. The van der Waals surface area contributed by atoms with Crippen molar-refractivity contribution in [1.29, 1.82) is 0 Å². The summed E-state index contributed by atoms with van der Waals surface area (Å²) < 4.78 is 5.47. The van der Waals surface area contributed by atoms with Crippen LogP contribution in [0.1, 0.15) is 39.0 Å². The molecular weight excluding hydrogens is 481 g/mol. The maximum Gasteiger partial charge on any atom is 0.230 e. The monoisotopic (exact) mass is 521 g/mol. The van der Waals surface area contributed by atoms with Gasteiger partial charge >= 0.3 is 0 Å². The maximum absolute atomic E-state index is 12.8. The number of likely N-dealkylation sites (tertiary alicyclic amines) is 1. The Bertz CT molecular complexity index is 545. The van der Waals surface area contributed by atoms with Gasteiger partial charge in [0.15, 0.2) is 5.96 Å². The van der Waals surface area contributed by atoms with Crippen LogP contribution in [0.4, 0.5) is 0 Å². The van der Waals surface area contributed by atoms with E-state index < -0.39 is 0 Å². The molecule has 1 N–H and O–H groups in total. The highest BCUT2D eigenvalue weighted by atomic mass is 127. The van der Waals surface area contributed by atoms with E-state index in [1.807, 2.05) is 14.1 Å². The molecule has 2 saturated heterocycles. The molecule has 0 aromatic carbocycles. The molecule has 0 bridgehead atoms. The van der Waals surface area contributed by atoms with Gasteiger partial charge in [0.1, 0.15) is 0 Å².